The molecule has 3 N–H and O–H groups in total. The Balaban J connectivity index is 2.54. The predicted octanol–water partition coefficient (Wildman–Crippen LogP) is 2.74. The van der Waals surface area contributed by atoms with Gasteiger partial charge in [0.2, 0.25) is 5.60 Å². The Bertz CT molecular complexity index is 552. The molecule has 0 saturated heterocycles. The molecule has 1 atom stereocenters. The summed E-state index contributed by atoms with van der Waals surface area (Å²) in [5, 5.41) is 10.0. The third kappa shape index (κ3) is 2.69. The third-order valence-electron chi connectivity index (χ3n) is 3.04. The van der Waals surface area contributed by atoms with Crippen LogP contribution in [0.5, 0.6) is 0 Å². The van der Waals surface area contributed by atoms with E-state index in [4.69, 9.17) is 5.73 Å². The molecule has 1 saturated carbocycles. The van der Waals surface area contributed by atoms with Gasteiger partial charge < -0.3 is 10.8 Å². The molecule has 1 aromatic rings. The summed E-state index contributed by atoms with van der Waals surface area (Å²) in [6, 6.07) is 4.16. The van der Waals surface area contributed by atoms with Crippen molar-refractivity contribution in [3.63, 3.8) is 0 Å². The summed E-state index contributed by atoms with van der Waals surface area (Å²) in [6.07, 6.45) is -3.33. The number of nitrogen functional groups attached to an aromatic ring is 1. The number of nitrogens with two attached hydrogens (primary N) is 1. The Kier molecular flexibility index (Phi) is 3.23. The second-order valence-electron chi connectivity index (χ2n) is 4.84. The lowest BCUT2D eigenvalue weighted by molar-refractivity contribution is -0.240. The number of hydrogen-bond acceptors (Lipinski definition) is 2. The fraction of sp³-hybridized carbons (Fsp3) is 0.429. The number of benzene rings is 1. The molecule has 0 spiro atoms. The molecular weight excluding hydrogens is 255 g/mol. The minimum absolute atomic E-state index is 0.0418. The first-order chi connectivity index (χ1) is 8.74. The molecule has 1 fully saturated rings. The normalized spacial score (nSPS) is 18.4. The summed E-state index contributed by atoms with van der Waals surface area (Å²) >= 11 is 0. The van der Waals surface area contributed by atoms with E-state index in [1.807, 2.05) is 5.92 Å². The number of halogens is 3. The fourth-order valence-corrected chi connectivity index (χ4v) is 1.71. The van der Waals surface area contributed by atoms with E-state index in [0.29, 0.717) is 5.56 Å². The lowest BCUT2D eigenvalue weighted by Gasteiger charge is -2.27. The van der Waals surface area contributed by atoms with E-state index in [2.05, 4.69) is 5.92 Å². The number of anilines is 1. The van der Waals surface area contributed by atoms with E-state index in [0.717, 1.165) is 12.8 Å². The van der Waals surface area contributed by atoms with E-state index in [-0.39, 0.29) is 11.6 Å². The molecule has 0 radical (unpaired) electrons. The maximum absolute atomic E-state index is 13.2. The average Bonchev–Trinajstić information content (AvgIpc) is 3.11. The quantitative estimate of drug-likeness (QED) is 0.608. The van der Waals surface area contributed by atoms with E-state index in [1.165, 1.54) is 12.1 Å². The second-order valence-corrected chi connectivity index (χ2v) is 4.84. The smallest absolute Gasteiger partial charge is 0.398 e. The van der Waals surface area contributed by atoms with Gasteiger partial charge in [0, 0.05) is 17.2 Å². The molecule has 5 heteroatoms. The number of alkyl halides is 3. The third-order valence-corrected chi connectivity index (χ3v) is 3.04. The lowest BCUT2D eigenvalue weighted by Crippen LogP contribution is -2.41. The SMILES string of the molecule is Cc1ccc(N)c(C(O)(C#CC2CC2)C(F)(F)F)c1. The van der Waals surface area contributed by atoms with E-state index >= 15 is 0 Å². The first-order valence-electron chi connectivity index (χ1n) is 5.92. The van der Waals surface area contributed by atoms with Crippen LogP contribution in [0.1, 0.15) is 24.0 Å². The van der Waals surface area contributed by atoms with E-state index in [1.54, 1.807) is 13.0 Å². The molecule has 2 rings (SSSR count). The minimum atomic E-state index is -4.89. The van der Waals surface area contributed by atoms with Crippen molar-refractivity contribution in [2.75, 3.05) is 5.73 Å². The van der Waals surface area contributed by atoms with Gasteiger partial charge >= 0.3 is 6.18 Å². The van der Waals surface area contributed by atoms with Gasteiger partial charge in [0.1, 0.15) is 0 Å². The Morgan fingerprint density at radius 3 is 2.47 bits per heavy atom. The summed E-state index contributed by atoms with van der Waals surface area (Å²) in [4.78, 5) is 0. The van der Waals surface area contributed by atoms with Gasteiger partial charge in [-0.05, 0) is 31.9 Å². The highest BCUT2D eigenvalue weighted by atomic mass is 19.4. The van der Waals surface area contributed by atoms with E-state index in [9.17, 15) is 18.3 Å². The molecule has 19 heavy (non-hydrogen) atoms. The highest BCUT2D eigenvalue weighted by molar-refractivity contribution is 5.55. The first kappa shape index (κ1) is 13.8. The molecule has 0 bridgehead atoms. The highest BCUT2D eigenvalue weighted by Crippen LogP contribution is 2.41. The van der Waals surface area contributed by atoms with Gasteiger partial charge in [-0.15, -0.1) is 0 Å². The van der Waals surface area contributed by atoms with Gasteiger partial charge in [0.15, 0.2) is 0 Å². The predicted molar refractivity (Wildman–Crippen MR) is 66.0 cm³/mol. The van der Waals surface area contributed by atoms with Crippen molar-refractivity contribution in [2.45, 2.75) is 31.5 Å². The van der Waals surface area contributed by atoms with Crippen LogP contribution < -0.4 is 5.73 Å². The zero-order valence-corrected chi connectivity index (χ0v) is 10.4. The van der Waals surface area contributed by atoms with Gasteiger partial charge in [0.05, 0.1) is 0 Å². The van der Waals surface area contributed by atoms with Gasteiger partial charge in [-0.3, -0.25) is 0 Å². The summed E-state index contributed by atoms with van der Waals surface area (Å²) < 4.78 is 39.5. The molecule has 102 valence electrons. The van der Waals surface area contributed by atoms with Crippen LogP contribution in [-0.4, -0.2) is 11.3 Å². The van der Waals surface area contributed by atoms with Crippen molar-refractivity contribution in [1.29, 1.82) is 0 Å². The summed E-state index contributed by atoms with van der Waals surface area (Å²) in [5.74, 6) is 4.41. The van der Waals surface area contributed by atoms with Gasteiger partial charge in [-0.1, -0.05) is 23.5 Å². The molecule has 2 nitrogen and oxygen atoms in total. The number of aryl methyl sites for hydroxylation is 1. The Hall–Kier alpha value is -1.67. The van der Waals surface area contributed by atoms with Crippen LogP contribution in [-0.2, 0) is 5.60 Å². The topological polar surface area (TPSA) is 46.2 Å². The zero-order chi connectivity index (χ0) is 14.3. The molecular formula is C14H14F3NO. The number of rotatable bonds is 1. The van der Waals surface area contributed by atoms with Crippen molar-refractivity contribution in [2.24, 2.45) is 5.92 Å². The average molecular weight is 269 g/mol. The Morgan fingerprint density at radius 2 is 1.95 bits per heavy atom. The van der Waals surface area contributed by atoms with Crippen LogP contribution in [0.25, 0.3) is 0 Å². The first-order valence-corrected chi connectivity index (χ1v) is 5.92. The zero-order valence-electron chi connectivity index (χ0n) is 10.4. The molecule has 0 amide bonds. The maximum Gasteiger partial charge on any atom is 0.433 e. The van der Waals surface area contributed by atoms with Gasteiger partial charge in [0.25, 0.3) is 0 Å². The van der Waals surface area contributed by atoms with Crippen molar-refractivity contribution in [1.82, 2.24) is 0 Å². The molecule has 1 aliphatic rings. The van der Waals surface area contributed by atoms with Crippen LogP contribution >= 0.6 is 0 Å². The summed E-state index contributed by atoms with van der Waals surface area (Å²) in [6.45, 7) is 1.63. The molecule has 0 aromatic heterocycles. The van der Waals surface area contributed by atoms with Crippen LogP contribution in [0.2, 0.25) is 0 Å². The van der Waals surface area contributed by atoms with Crippen LogP contribution in [0.3, 0.4) is 0 Å². The second kappa shape index (κ2) is 4.46. The highest BCUT2D eigenvalue weighted by Gasteiger charge is 2.55. The molecule has 1 aliphatic carbocycles. The molecule has 1 aromatic carbocycles. The molecule has 0 heterocycles. The maximum atomic E-state index is 13.2. The standard InChI is InChI=1S/C14H14F3NO/c1-9-2-5-12(18)11(8-9)13(19,14(15,16)17)7-6-10-3-4-10/h2,5,8,10,19H,3-4,18H2,1H3. The van der Waals surface area contributed by atoms with Gasteiger partial charge in [-0.25, -0.2) is 0 Å². The molecule has 1 unspecified atom stereocenters. The van der Waals surface area contributed by atoms with Crippen LogP contribution in [0, 0.1) is 24.7 Å². The summed E-state index contributed by atoms with van der Waals surface area (Å²) in [5.41, 5.74) is 2.44. The monoisotopic (exact) mass is 269 g/mol. The van der Waals surface area contributed by atoms with Crippen molar-refractivity contribution in [3.8, 4) is 11.8 Å². The van der Waals surface area contributed by atoms with E-state index < -0.39 is 17.3 Å². The number of hydrogen-bond donors (Lipinski definition) is 2. The van der Waals surface area contributed by atoms with Crippen molar-refractivity contribution >= 4 is 5.69 Å². The van der Waals surface area contributed by atoms with Crippen LogP contribution in [0.15, 0.2) is 18.2 Å². The number of aliphatic hydroxyl groups is 1. The fourth-order valence-electron chi connectivity index (χ4n) is 1.71. The van der Waals surface area contributed by atoms with Gasteiger partial charge in [-0.2, -0.15) is 13.2 Å². The van der Waals surface area contributed by atoms with Crippen molar-refractivity contribution < 1.29 is 18.3 Å². The largest absolute Gasteiger partial charge is 0.433 e. The van der Waals surface area contributed by atoms with Crippen LogP contribution in [0.4, 0.5) is 18.9 Å². The lowest BCUT2D eigenvalue weighted by atomic mass is 9.90. The molecule has 0 aliphatic heterocycles. The Labute approximate surface area is 109 Å². The Morgan fingerprint density at radius 1 is 1.32 bits per heavy atom. The summed E-state index contributed by atoms with van der Waals surface area (Å²) in [7, 11) is 0. The minimum Gasteiger partial charge on any atom is -0.398 e. The van der Waals surface area contributed by atoms with Crippen molar-refractivity contribution in [3.05, 3.63) is 29.3 Å².